The summed E-state index contributed by atoms with van der Waals surface area (Å²) < 4.78 is 51.3. The summed E-state index contributed by atoms with van der Waals surface area (Å²) in [7, 11) is 0. The minimum Gasteiger partial charge on any atom is -0.505 e. The van der Waals surface area contributed by atoms with E-state index < -0.39 is 35.9 Å². The van der Waals surface area contributed by atoms with Crippen LogP contribution in [0.2, 0.25) is 0 Å². The van der Waals surface area contributed by atoms with Gasteiger partial charge in [0.05, 0.1) is 0 Å². The molecular weight excluding hydrogens is 234 g/mol. The topological polar surface area (TPSA) is 59.4 Å². The predicted molar refractivity (Wildman–Crippen MR) is 42.8 cm³/mol. The van der Waals surface area contributed by atoms with Crippen LogP contribution in [0.5, 0.6) is 11.5 Å². The van der Waals surface area contributed by atoms with E-state index >= 15 is 0 Å². The summed E-state index contributed by atoms with van der Waals surface area (Å²) in [6.07, 6.45) is -4.94. The van der Waals surface area contributed by atoms with Crippen LogP contribution in [0.3, 0.4) is 0 Å². The second-order valence-corrected chi connectivity index (χ2v) is 2.64. The number of aldehydes is 1. The number of alkyl halides is 4. The first-order chi connectivity index (χ1) is 7.37. The minimum absolute atomic E-state index is 0.0891. The monoisotopic (exact) mass is 239 g/mol. The van der Waals surface area contributed by atoms with Gasteiger partial charge in [-0.1, -0.05) is 0 Å². The molecular formula is C8H5F4NO3. The first-order valence-electron chi connectivity index (χ1n) is 3.87. The summed E-state index contributed by atoms with van der Waals surface area (Å²) in [6, 6.07) is 0.485. The molecule has 0 radical (unpaired) electrons. The Labute approximate surface area is 86.5 Å². The standard InChI is InChI=1S/C8H5F4NO3/c9-2-4-7(16-8(10,11)12)1-6(15)5(3-14)13-4/h1,3,15H,2H2. The zero-order valence-corrected chi connectivity index (χ0v) is 7.58. The van der Waals surface area contributed by atoms with E-state index in [1.54, 1.807) is 0 Å². The van der Waals surface area contributed by atoms with E-state index in [1.165, 1.54) is 0 Å². The number of aromatic nitrogens is 1. The maximum atomic E-state index is 12.3. The Balaban J connectivity index is 3.18. The number of carbonyl (C=O) groups is 1. The normalized spacial score (nSPS) is 11.2. The van der Waals surface area contributed by atoms with Gasteiger partial charge in [0.1, 0.15) is 23.8 Å². The first-order valence-corrected chi connectivity index (χ1v) is 3.87. The largest absolute Gasteiger partial charge is 0.573 e. The second-order valence-electron chi connectivity index (χ2n) is 2.64. The van der Waals surface area contributed by atoms with E-state index in [2.05, 4.69) is 9.72 Å². The molecule has 1 N–H and O–H groups in total. The third kappa shape index (κ3) is 2.81. The summed E-state index contributed by atoms with van der Waals surface area (Å²) in [6.45, 7) is -1.35. The van der Waals surface area contributed by atoms with E-state index in [-0.39, 0.29) is 6.29 Å². The highest BCUT2D eigenvalue weighted by atomic mass is 19.4. The molecule has 0 bridgehead atoms. The molecule has 0 spiro atoms. The lowest BCUT2D eigenvalue weighted by Gasteiger charge is -2.11. The Morgan fingerprint density at radius 3 is 2.56 bits per heavy atom. The zero-order valence-electron chi connectivity index (χ0n) is 7.58. The van der Waals surface area contributed by atoms with E-state index in [1.807, 2.05) is 0 Å². The molecule has 8 heteroatoms. The average Bonchev–Trinajstić information content (AvgIpc) is 2.16. The quantitative estimate of drug-likeness (QED) is 0.647. The van der Waals surface area contributed by atoms with Crippen LogP contribution in [-0.4, -0.2) is 22.7 Å². The molecule has 0 saturated heterocycles. The molecule has 16 heavy (non-hydrogen) atoms. The molecule has 0 aromatic carbocycles. The van der Waals surface area contributed by atoms with Gasteiger partial charge in [-0.15, -0.1) is 13.2 Å². The summed E-state index contributed by atoms with van der Waals surface area (Å²) in [4.78, 5) is 13.5. The lowest BCUT2D eigenvalue weighted by atomic mass is 10.2. The van der Waals surface area contributed by atoms with E-state index in [4.69, 9.17) is 5.11 Å². The maximum Gasteiger partial charge on any atom is 0.573 e. The molecule has 1 rings (SSSR count). The van der Waals surface area contributed by atoms with Crippen LogP contribution in [0.25, 0.3) is 0 Å². The van der Waals surface area contributed by atoms with Gasteiger partial charge in [0, 0.05) is 6.07 Å². The number of pyridine rings is 1. The number of rotatable bonds is 3. The van der Waals surface area contributed by atoms with Crippen LogP contribution in [0.1, 0.15) is 16.2 Å². The third-order valence-corrected chi connectivity index (χ3v) is 1.53. The van der Waals surface area contributed by atoms with Crippen molar-refractivity contribution in [1.82, 2.24) is 4.98 Å². The lowest BCUT2D eigenvalue weighted by Crippen LogP contribution is -2.18. The van der Waals surface area contributed by atoms with Crippen molar-refractivity contribution in [2.75, 3.05) is 0 Å². The van der Waals surface area contributed by atoms with E-state index in [0.717, 1.165) is 0 Å². The molecule has 0 aliphatic heterocycles. The fourth-order valence-corrected chi connectivity index (χ4v) is 0.935. The van der Waals surface area contributed by atoms with E-state index in [0.29, 0.717) is 6.07 Å². The van der Waals surface area contributed by atoms with Crippen molar-refractivity contribution in [3.05, 3.63) is 17.5 Å². The van der Waals surface area contributed by atoms with E-state index in [9.17, 15) is 22.4 Å². The molecule has 0 amide bonds. The summed E-state index contributed by atoms with van der Waals surface area (Å²) in [5, 5.41) is 9.04. The molecule has 4 nitrogen and oxygen atoms in total. The Bertz CT molecular complexity index is 405. The molecule has 0 fully saturated rings. The van der Waals surface area contributed by atoms with Crippen molar-refractivity contribution >= 4 is 6.29 Å². The van der Waals surface area contributed by atoms with Gasteiger partial charge in [-0.2, -0.15) is 0 Å². The number of aromatic hydroxyl groups is 1. The third-order valence-electron chi connectivity index (χ3n) is 1.53. The lowest BCUT2D eigenvalue weighted by molar-refractivity contribution is -0.275. The molecule has 0 aliphatic carbocycles. The summed E-state index contributed by atoms with van der Waals surface area (Å²) in [5.74, 6) is -1.79. The van der Waals surface area contributed by atoms with Gasteiger partial charge in [-0.05, 0) is 0 Å². The molecule has 1 aromatic rings. The van der Waals surface area contributed by atoms with Crippen LogP contribution in [-0.2, 0) is 6.67 Å². The van der Waals surface area contributed by atoms with Gasteiger partial charge in [0.2, 0.25) is 0 Å². The maximum absolute atomic E-state index is 12.3. The minimum atomic E-state index is -5.03. The fourth-order valence-electron chi connectivity index (χ4n) is 0.935. The predicted octanol–water partition coefficient (Wildman–Crippen LogP) is 1.97. The Morgan fingerprint density at radius 2 is 2.12 bits per heavy atom. The molecule has 0 aliphatic rings. The van der Waals surface area contributed by atoms with Crippen LogP contribution >= 0.6 is 0 Å². The number of halogens is 4. The molecule has 1 aromatic heterocycles. The molecule has 1 heterocycles. The van der Waals surface area contributed by atoms with Gasteiger partial charge < -0.3 is 9.84 Å². The first kappa shape index (κ1) is 12.2. The van der Waals surface area contributed by atoms with Crippen molar-refractivity contribution in [1.29, 1.82) is 0 Å². The summed E-state index contributed by atoms with van der Waals surface area (Å²) >= 11 is 0. The van der Waals surface area contributed by atoms with Crippen LogP contribution in [0.15, 0.2) is 6.07 Å². The van der Waals surface area contributed by atoms with Crippen molar-refractivity contribution in [2.45, 2.75) is 13.0 Å². The Morgan fingerprint density at radius 1 is 1.50 bits per heavy atom. The van der Waals surface area contributed by atoms with Gasteiger partial charge >= 0.3 is 6.36 Å². The number of ether oxygens (including phenoxy) is 1. The molecule has 0 atom stereocenters. The smallest absolute Gasteiger partial charge is 0.505 e. The number of hydrogen-bond donors (Lipinski definition) is 1. The van der Waals surface area contributed by atoms with Crippen LogP contribution in [0.4, 0.5) is 17.6 Å². The zero-order chi connectivity index (χ0) is 12.3. The Hall–Kier alpha value is -1.86. The Kier molecular flexibility index (Phi) is 3.31. The molecule has 0 unspecified atom stereocenters. The highest BCUT2D eigenvalue weighted by Gasteiger charge is 2.33. The second kappa shape index (κ2) is 4.33. The SMILES string of the molecule is O=Cc1nc(CF)c(OC(F)(F)F)cc1O. The number of hydrogen-bond acceptors (Lipinski definition) is 4. The van der Waals surface area contributed by atoms with Crippen molar-refractivity contribution < 1.29 is 32.2 Å². The van der Waals surface area contributed by atoms with Crippen LogP contribution in [0, 0.1) is 0 Å². The van der Waals surface area contributed by atoms with Gasteiger partial charge in [-0.25, -0.2) is 9.37 Å². The summed E-state index contributed by atoms with van der Waals surface area (Å²) in [5.41, 5.74) is -1.26. The van der Waals surface area contributed by atoms with Crippen molar-refractivity contribution in [3.8, 4) is 11.5 Å². The highest BCUT2D eigenvalue weighted by molar-refractivity contribution is 5.76. The van der Waals surface area contributed by atoms with Gasteiger partial charge in [0.25, 0.3) is 0 Å². The average molecular weight is 239 g/mol. The van der Waals surface area contributed by atoms with Crippen molar-refractivity contribution in [3.63, 3.8) is 0 Å². The van der Waals surface area contributed by atoms with Gasteiger partial charge in [-0.3, -0.25) is 4.79 Å². The highest BCUT2D eigenvalue weighted by Crippen LogP contribution is 2.30. The van der Waals surface area contributed by atoms with Crippen LogP contribution < -0.4 is 4.74 Å². The molecule has 88 valence electrons. The number of carbonyl (C=O) groups excluding carboxylic acids is 1. The number of nitrogens with zero attached hydrogens (tertiary/aromatic N) is 1. The molecule has 0 saturated carbocycles. The van der Waals surface area contributed by atoms with Crippen molar-refractivity contribution in [2.24, 2.45) is 0 Å². The fraction of sp³-hybridized carbons (Fsp3) is 0.250. The van der Waals surface area contributed by atoms with Gasteiger partial charge in [0.15, 0.2) is 12.0 Å².